The van der Waals surface area contributed by atoms with Crippen LogP contribution in [-0.4, -0.2) is 103 Å². The lowest BCUT2D eigenvalue weighted by Crippen LogP contribution is -2.79. The monoisotopic (exact) mass is 481 g/mol. The summed E-state index contributed by atoms with van der Waals surface area (Å²) in [5.41, 5.74) is 0.707. The van der Waals surface area contributed by atoms with Crippen molar-refractivity contribution >= 4 is 5.91 Å². The first-order valence-electron chi connectivity index (χ1n) is 11.6. The average Bonchev–Trinajstić information content (AvgIpc) is 2.80. The number of aliphatic hydroxyl groups excluding tert-OH is 2. The van der Waals surface area contributed by atoms with Crippen molar-refractivity contribution in [2.24, 2.45) is 0 Å². The Hall–Kier alpha value is -1.83. The third kappa shape index (κ3) is 4.42. The standard InChI is InChI=1S/C23H35N3O8/c1-11-9-14(26-15(27)10-12-7-5-6-8-13(12)31-4)23(30)22(32-11)33-21-19(29)16(24-2)18(28)17(25-3)20(21)34-23/h5-8,11,14,16-22,24-25,28-30H,9-10H2,1-4H3,(H,26,27)/t11-,14-,16-,17+,18+,19-,20?,21?,22?,23+/m1/s1. The van der Waals surface area contributed by atoms with Gasteiger partial charge in [-0.2, -0.15) is 0 Å². The van der Waals surface area contributed by atoms with Crippen LogP contribution in [0.4, 0.5) is 0 Å². The smallest absolute Gasteiger partial charge is 0.239 e. The Morgan fingerprint density at radius 1 is 1.12 bits per heavy atom. The molecule has 1 amide bonds. The number of carbonyl (C=O) groups is 1. The zero-order chi connectivity index (χ0) is 24.6. The normalized spacial score (nSPS) is 41.8. The van der Waals surface area contributed by atoms with Crippen molar-refractivity contribution in [3.8, 4) is 5.75 Å². The summed E-state index contributed by atoms with van der Waals surface area (Å²) < 4.78 is 23.3. The number of hydrogen-bond donors (Lipinski definition) is 6. The molecule has 4 rings (SSSR count). The first-order valence-corrected chi connectivity index (χ1v) is 11.6. The second kappa shape index (κ2) is 10.0. The Morgan fingerprint density at radius 3 is 2.50 bits per heavy atom. The van der Waals surface area contributed by atoms with Crippen LogP contribution in [0.15, 0.2) is 24.3 Å². The van der Waals surface area contributed by atoms with Crippen LogP contribution in [0.5, 0.6) is 5.75 Å². The van der Waals surface area contributed by atoms with E-state index in [1.165, 1.54) is 7.11 Å². The number of benzene rings is 1. The van der Waals surface area contributed by atoms with Crippen molar-refractivity contribution in [3.05, 3.63) is 29.8 Å². The largest absolute Gasteiger partial charge is 0.496 e. The summed E-state index contributed by atoms with van der Waals surface area (Å²) in [7, 11) is 4.83. The molecule has 2 heterocycles. The van der Waals surface area contributed by atoms with E-state index >= 15 is 0 Å². The SMILES string of the molecule is CN[C@@H]1[C@H](O)[C@H](NC)C2O[C@]3(O)C(OC2[C@@H]1O)O[C@H](C)C[C@H]3NC(=O)Cc1ccccc1OC. The molecular formula is C23H35N3O8. The van der Waals surface area contributed by atoms with Crippen LogP contribution in [0, 0.1) is 0 Å². The number of aliphatic hydroxyl groups is 3. The van der Waals surface area contributed by atoms with Gasteiger partial charge in [-0.05, 0) is 33.5 Å². The molecule has 2 saturated heterocycles. The van der Waals surface area contributed by atoms with Crippen LogP contribution in [0.25, 0.3) is 0 Å². The molecule has 1 aliphatic carbocycles. The summed E-state index contributed by atoms with van der Waals surface area (Å²) in [5, 5.41) is 42.0. The van der Waals surface area contributed by atoms with E-state index in [0.717, 1.165) is 0 Å². The molecule has 0 spiro atoms. The molecular weight excluding hydrogens is 446 g/mol. The van der Waals surface area contributed by atoms with Gasteiger partial charge in [0, 0.05) is 5.56 Å². The Balaban J connectivity index is 1.56. The van der Waals surface area contributed by atoms with E-state index in [-0.39, 0.29) is 24.9 Å². The molecule has 10 atom stereocenters. The first-order chi connectivity index (χ1) is 16.2. The van der Waals surface area contributed by atoms with Crippen molar-refractivity contribution in [1.29, 1.82) is 0 Å². The van der Waals surface area contributed by atoms with E-state index in [4.69, 9.17) is 18.9 Å². The molecule has 6 N–H and O–H groups in total. The molecule has 34 heavy (non-hydrogen) atoms. The predicted octanol–water partition coefficient (Wildman–Crippen LogP) is -1.76. The van der Waals surface area contributed by atoms with Gasteiger partial charge in [0.2, 0.25) is 18.0 Å². The second-order valence-corrected chi connectivity index (χ2v) is 9.17. The second-order valence-electron chi connectivity index (χ2n) is 9.17. The Bertz CT molecular complexity index is 874. The summed E-state index contributed by atoms with van der Waals surface area (Å²) in [5.74, 6) is -1.76. The summed E-state index contributed by atoms with van der Waals surface area (Å²) in [6.07, 6.45) is -5.17. The van der Waals surface area contributed by atoms with Gasteiger partial charge in [0.05, 0.1) is 43.9 Å². The number of hydrogen-bond acceptors (Lipinski definition) is 10. The van der Waals surface area contributed by atoms with Crippen LogP contribution in [0.2, 0.25) is 0 Å². The Kier molecular flexibility index (Phi) is 7.46. The lowest BCUT2D eigenvalue weighted by Gasteiger charge is -2.58. The van der Waals surface area contributed by atoms with E-state index in [1.807, 2.05) is 19.1 Å². The maximum Gasteiger partial charge on any atom is 0.239 e. The number of nitrogens with one attached hydrogen (secondary N) is 3. The number of carbonyl (C=O) groups excluding carboxylic acids is 1. The maximum absolute atomic E-state index is 12.9. The lowest BCUT2D eigenvalue weighted by molar-refractivity contribution is -0.449. The zero-order valence-corrected chi connectivity index (χ0v) is 19.8. The van der Waals surface area contributed by atoms with E-state index < -0.39 is 54.6 Å². The van der Waals surface area contributed by atoms with Crippen LogP contribution < -0.4 is 20.7 Å². The van der Waals surface area contributed by atoms with Gasteiger partial charge in [-0.1, -0.05) is 18.2 Å². The molecule has 1 aromatic rings. The molecule has 1 aromatic carbocycles. The Labute approximate surface area is 198 Å². The van der Waals surface area contributed by atoms with Crippen molar-refractivity contribution < 1.29 is 39.1 Å². The molecule has 1 saturated carbocycles. The fourth-order valence-corrected chi connectivity index (χ4v) is 5.28. The molecule has 0 bridgehead atoms. The number of amides is 1. The van der Waals surface area contributed by atoms with E-state index in [9.17, 15) is 20.1 Å². The van der Waals surface area contributed by atoms with Gasteiger partial charge in [0.25, 0.3) is 0 Å². The average molecular weight is 482 g/mol. The minimum absolute atomic E-state index is 0.0455. The predicted molar refractivity (Wildman–Crippen MR) is 120 cm³/mol. The number of methoxy groups -OCH3 is 1. The van der Waals surface area contributed by atoms with Crippen LogP contribution in [0.1, 0.15) is 18.9 Å². The summed E-state index contributed by atoms with van der Waals surface area (Å²) in [6, 6.07) is 5.04. The zero-order valence-electron chi connectivity index (χ0n) is 19.8. The number of para-hydroxylation sites is 1. The van der Waals surface area contributed by atoms with Crippen LogP contribution in [-0.2, 0) is 25.4 Å². The van der Waals surface area contributed by atoms with Gasteiger partial charge < -0.3 is 50.2 Å². The van der Waals surface area contributed by atoms with Crippen LogP contribution in [0.3, 0.4) is 0 Å². The minimum Gasteiger partial charge on any atom is -0.496 e. The van der Waals surface area contributed by atoms with E-state index in [1.54, 1.807) is 26.2 Å². The molecule has 190 valence electrons. The molecule has 3 unspecified atom stereocenters. The molecule has 2 aliphatic heterocycles. The number of likely N-dealkylation sites (N-methyl/N-ethyl adjacent to an activating group) is 2. The van der Waals surface area contributed by atoms with Crippen molar-refractivity contribution in [2.75, 3.05) is 21.2 Å². The van der Waals surface area contributed by atoms with Gasteiger partial charge in [-0.15, -0.1) is 0 Å². The van der Waals surface area contributed by atoms with Crippen molar-refractivity contribution in [1.82, 2.24) is 16.0 Å². The van der Waals surface area contributed by atoms with Gasteiger partial charge in [0.15, 0.2) is 0 Å². The molecule has 0 radical (unpaired) electrons. The summed E-state index contributed by atoms with van der Waals surface area (Å²) >= 11 is 0. The van der Waals surface area contributed by atoms with Gasteiger partial charge in [0.1, 0.15) is 24.1 Å². The quantitative estimate of drug-likeness (QED) is 0.276. The molecule has 0 aromatic heterocycles. The number of fused-ring (bicyclic) bond motifs is 2. The van der Waals surface area contributed by atoms with Gasteiger partial charge >= 0.3 is 0 Å². The molecule has 11 nitrogen and oxygen atoms in total. The van der Waals surface area contributed by atoms with Gasteiger partial charge in [-0.25, -0.2) is 0 Å². The molecule has 3 fully saturated rings. The Morgan fingerprint density at radius 2 is 1.82 bits per heavy atom. The fraction of sp³-hybridized carbons (Fsp3) is 0.696. The lowest BCUT2D eigenvalue weighted by atomic mass is 9.79. The van der Waals surface area contributed by atoms with Gasteiger partial charge in [-0.3, -0.25) is 4.79 Å². The topological polar surface area (TPSA) is 151 Å². The van der Waals surface area contributed by atoms with Crippen molar-refractivity contribution in [3.63, 3.8) is 0 Å². The van der Waals surface area contributed by atoms with Crippen LogP contribution >= 0.6 is 0 Å². The maximum atomic E-state index is 12.9. The third-order valence-corrected chi connectivity index (χ3v) is 7.03. The third-order valence-electron chi connectivity index (χ3n) is 7.03. The highest BCUT2D eigenvalue weighted by atomic mass is 16.8. The highest BCUT2D eigenvalue weighted by Crippen LogP contribution is 2.42. The fourth-order valence-electron chi connectivity index (χ4n) is 5.28. The number of ether oxygens (including phenoxy) is 4. The minimum atomic E-state index is -2.02. The highest BCUT2D eigenvalue weighted by molar-refractivity contribution is 5.79. The summed E-state index contributed by atoms with van der Waals surface area (Å²) in [6.45, 7) is 1.81. The van der Waals surface area contributed by atoms with E-state index in [2.05, 4.69) is 16.0 Å². The van der Waals surface area contributed by atoms with E-state index in [0.29, 0.717) is 11.3 Å². The number of rotatable bonds is 6. The first kappa shape index (κ1) is 25.3. The highest BCUT2D eigenvalue weighted by Gasteiger charge is 2.63. The molecule has 3 aliphatic rings. The summed E-state index contributed by atoms with van der Waals surface area (Å²) in [4.78, 5) is 12.9. The molecule has 11 heteroatoms. The van der Waals surface area contributed by atoms with Crippen molar-refractivity contribution in [2.45, 2.75) is 80.5 Å².